The van der Waals surface area contributed by atoms with E-state index in [-0.39, 0.29) is 5.91 Å². The van der Waals surface area contributed by atoms with E-state index in [0.717, 1.165) is 17.7 Å². The van der Waals surface area contributed by atoms with Crippen LogP contribution in [-0.4, -0.2) is 41.6 Å². The molecule has 1 amide bonds. The molecule has 1 N–H and O–H groups in total. The van der Waals surface area contributed by atoms with Crippen molar-refractivity contribution in [3.8, 4) is 5.75 Å². The number of hydrogen-bond acceptors (Lipinski definition) is 3. The van der Waals surface area contributed by atoms with Gasteiger partial charge in [0.15, 0.2) is 0 Å². The summed E-state index contributed by atoms with van der Waals surface area (Å²) < 4.78 is 5.52. The van der Waals surface area contributed by atoms with E-state index in [1.54, 1.807) is 4.90 Å². The Bertz CT molecular complexity index is 512. The molecule has 1 fully saturated rings. The predicted octanol–water partition coefficient (Wildman–Crippen LogP) is 2.34. The largest absolute Gasteiger partial charge is 0.494 e. The lowest BCUT2D eigenvalue weighted by molar-refractivity contribution is -0.141. The van der Waals surface area contributed by atoms with E-state index in [1.807, 2.05) is 24.3 Å². The van der Waals surface area contributed by atoms with Gasteiger partial charge in [0.1, 0.15) is 5.75 Å². The Morgan fingerprint density at radius 3 is 2.64 bits per heavy atom. The molecule has 22 heavy (non-hydrogen) atoms. The molecule has 1 heterocycles. The number of carbonyl (C=O) groups excluding carboxylic acids is 1. The van der Waals surface area contributed by atoms with Crippen LogP contribution in [-0.2, 0) is 16.0 Å². The lowest BCUT2D eigenvalue weighted by Gasteiger charge is -2.15. The van der Waals surface area contributed by atoms with Crippen molar-refractivity contribution in [1.29, 1.82) is 0 Å². The standard InChI is InChI=1S/C17H23NO4/c1-2-11-22-15-6-3-13(4-7-15)5-8-16(19)18-10-9-14(12-18)17(20)21/h3-4,6-7,14H,2,5,8-12H2,1H3,(H,20,21)/t14-/m1/s1. The van der Waals surface area contributed by atoms with Crippen LogP contribution in [0.25, 0.3) is 0 Å². The third kappa shape index (κ3) is 4.48. The first kappa shape index (κ1) is 16.3. The van der Waals surface area contributed by atoms with Crippen LogP contribution in [0, 0.1) is 5.92 Å². The quantitative estimate of drug-likeness (QED) is 0.839. The summed E-state index contributed by atoms with van der Waals surface area (Å²) in [5.74, 6) is -0.326. The van der Waals surface area contributed by atoms with Gasteiger partial charge in [0.25, 0.3) is 0 Å². The van der Waals surface area contributed by atoms with Crippen LogP contribution < -0.4 is 4.74 Å². The zero-order valence-electron chi connectivity index (χ0n) is 13.0. The van der Waals surface area contributed by atoms with Gasteiger partial charge in [-0.2, -0.15) is 0 Å². The average molecular weight is 305 g/mol. The van der Waals surface area contributed by atoms with Crippen LogP contribution in [0.3, 0.4) is 0 Å². The molecule has 1 aromatic rings. The summed E-state index contributed by atoms with van der Waals surface area (Å²) in [6.07, 6.45) is 2.62. The molecule has 5 nitrogen and oxygen atoms in total. The third-order valence-corrected chi connectivity index (χ3v) is 3.91. The zero-order valence-corrected chi connectivity index (χ0v) is 13.0. The van der Waals surface area contributed by atoms with Gasteiger partial charge in [-0.3, -0.25) is 9.59 Å². The summed E-state index contributed by atoms with van der Waals surface area (Å²) in [6, 6.07) is 7.79. The smallest absolute Gasteiger partial charge is 0.308 e. The number of carboxylic acid groups (broad SMARTS) is 1. The Hall–Kier alpha value is -2.04. The average Bonchev–Trinajstić information content (AvgIpc) is 3.02. The highest BCUT2D eigenvalue weighted by Gasteiger charge is 2.30. The maximum absolute atomic E-state index is 12.1. The highest BCUT2D eigenvalue weighted by Crippen LogP contribution is 2.18. The number of carbonyl (C=O) groups is 2. The number of aryl methyl sites for hydroxylation is 1. The molecule has 1 aromatic carbocycles. The first-order chi connectivity index (χ1) is 10.6. The molecule has 0 unspecified atom stereocenters. The monoisotopic (exact) mass is 305 g/mol. The first-order valence-electron chi connectivity index (χ1n) is 7.82. The van der Waals surface area contributed by atoms with Crippen molar-refractivity contribution in [2.24, 2.45) is 5.92 Å². The number of amides is 1. The van der Waals surface area contributed by atoms with Crippen molar-refractivity contribution in [2.45, 2.75) is 32.6 Å². The summed E-state index contributed by atoms with van der Waals surface area (Å²) >= 11 is 0. The van der Waals surface area contributed by atoms with Crippen LogP contribution in [0.15, 0.2) is 24.3 Å². The fourth-order valence-corrected chi connectivity index (χ4v) is 2.57. The third-order valence-electron chi connectivity index (χ3n) is 3.91. The summed E-state index contributed by atoms with van der Waals surface area (Å²) in [5.41, 5.74) is 1.09. The molecule has 1 aliphatic heterocycles. The predicted molar refractivity (Wildman–Crippen MR) is 82.9 cm³/mol. The maximum atomic E-state index is 12.1. The molecule has 0 saturated carbocycles. The zero-order chi connectivity index (χ0) is 15.9. The van der Waals surface area contributed by atoms with Crippen LogP contribution in [0.1, 0.15) is 31.7 Å². The molecular formula is C17H23NO4. The summed E-state index contributed by atoms with van der Waals surface area (Å²) in [7, 11) is 0. The SMILES string of the molecule is CCCOc1ccc(CCC(=O)N2CC[C@@H](C(=O)O)C2)cc1. The number of benzene rings is 1. The van der Waals surface area contributed by atoms with Gasteiger partial charge in [0.2, 0.25) is 5.91 Å². The van der Waals surface area contributed by atoms with Gasteiger partial charge in [-0.05, 0) is 37.0 Å². The molecule has 120 valence electrons. The molecule has 0 aromatic heterocycles. The van der Waals surface area contributed by atoms with Crippen LogP contribution in [0.4, 0.5) is 0 Å². The first-order valence-corrected chi connectivity index (χ1v) is 7.82. The highest BCUT2D eigenvalue weighted by molar-refractivity contribution is 5.78. The molecule has 2 rings (SSSR count). The molecule has 0 bridgehead atoms. The number of rotatable bonds is 7. The van der Waals surface area contributed by atoms with Crippen molar-refractivity contribution < 1.29 is 19.4 Å². The number of nitrogens with zero attached hydrogens (tertiary/aromatic N) is 1. The Morgan fingerprint density at radius 2 is 2.05 bits per heavy atom. The van der Waals surface area contributed by atoms with E-state index in [9.17, 15) is 9.59 Å². The fourth-order valence-electron chi connectivity index (χ4n) is 2.57. The lowest BCUT2D eigenvalue weighted by Crippen LogP contribution is -2.30. The van der Waals surface area contributed by atoms with Crippen molar-refractivity contribution >= 4 is 11.9 Å². The van der Waals surface area contributed by atoms with Gasteiger partial charge >= 0.3 is 5.97 Å². The Balaban J connectivity index is 1.78. The van der Waals surface area contributed by atoms with Crippen LogP contribution in [0.5, 0.6) is 5.75 Å². The maximum Gasteiger partial charge on any atom is 0.308 e. The normalized spacial score (nSPS) is 17.5. The van der Waals surface area contributed by atoms with Gasteiger partial charge < -0.3 is 14.7 Å². The van der Waals surface area contributed by atoms with Crippen molar-refractivity contribution in [2.75, 3.05) is 19.7 Å². The molecule has 0 radical (unpaired) electrons. The molecule has 5 heteroatoms. The molecule has 0 spiro atoms. The van der Waals surface area contributed by atoms with Gasteiger partial charge in [-0.25, -0.2) is 0 Å². The number of hydrogen-bond donors (Lipinski definition) is 1. The van der Waals surface area contributed by atoms with E-state index in [1.165, 1.54) is 0 Å². The second kappa shape index (κ2) is 7.82. The second-order valence-corrected chi connectivity index (χ2v) is 5.66. The molecule has 1 saturated heterocycles. The van der Waals surface area contributed by atoms with Crippen LogP contribution in [0.2, 0.25) is 0 Å². The molecular weight excluding hydrogens is 282 g/mol. The van der Waals surface area contributed by atoms with Gasteiger partial charge in [-0.1, -0.05) is 19.1 Å². The number of aliphatic carboxylic acids is 1. The van der Waals surface area contributed by atoms with E-state index >= 15 is 0 Å². The fraction of sp³-hybridized carbons (Fsp3) is 0.529. The second-order valence-electron chi connectivity index (χ2n) is 5.66. The van der Waals surface area contributed by atoms with E-state index < -0.39 is 11.9 Å². The lowest BCUT2D eigenvalue weighted by atomic mass is 10.1. The number of likely N-dealkylation sites (tertiary alicyclic amines) is 1. The van der Waals surface area contributed by atoms with E-state index in [2.05, 4.69) is 6.92 Å². The molecule has 0 aliphatic carbocycles. The number of ether oxygens (including phenoxy) is 1. The summed E-state index contributed by atoms with van der Waals surface area (Å²) in [5, 5.41) is 8.96. The van der Waals surface area contributed by atoms with E-state index in [0.29, 0.717) is 39.0 Å². The van der Waals surface area contributed by atoms with Crippen molar-refractivity contribution in [3.05, 3.63) is 29.8 Å². The van der Waals surface area contributed by atoms with Crippen molar-refractivity contribution in [3.63, 3.8) is 0 Å². The minimum absolute atomic E-state index is 0.0371. The van der Waals surface area contributed by atoms with Crippen molar-refractivity contribution in [1.82, 2.24) is 4.90 Å². The van der Waals surface area contributed by atoms with Gasteiger partial charge in [0, 0.05) is 19.5 Å². The summed E-state index contributed by atoms with van der Waals surface area (Å²) in [6.45, 7) is 3.67. The Kier molecular flexibility index (Phi) is 5.81. The topological polar surface area (TPSA) is 66.8 Å². The van der Waals surface area contributed by atoms with Crippen LogP contribution >= 0.6 is 0 Å². The molecule has 1 aliphatic rings. The summed E-state index contributed by atoms with van der Waals surface area (Å²) in [4.78, 5) is 24.7. The highest BCUT2D eigenvalue weighted by atomic mass is 16.5. The number of carboxylic acids is 1. The Labute approximate surface area is 130 Å². The molecule has 1 atom stereocenters. The minimum atomic E-state index is -0.807. The van der Waals surface area contributed by atoms with E-state index in [4.69, 9.17) is 9.84 Å². The van der Waals surface area contributed by atoms with Gasteiger partial charge in [-0.15, -0.1) is 0 Å². The Morgan fingerprint density at radius 1 is 1.32 bits per heavy atom. The van der Waals surface area contributed by atoms with Gasteiger partial charge in [0.05, 0.1) is 12.5 Å². The minimum Gasteiger partial charge on any atom is -0.494 e.